The lowest BCUT2D eigenvalue weighted by molar-refractivity contribution is 0.0742. The molecule has 0 radical (unpaired) electrons. The van der Waals surface area contributed by atoms with Gasteiger partial charge < -0.3 is 25.6 Å². The van der Waals surface area contributed by atoms with Crippen LogP contribution in [0.2, 0.25) is 0 Å². The van der Waals surface area contributed by atoms with Gasteiger partial charge in [-0.3, -0.25) is 14.3 Å². The molecule has 0 fully saturated rings. The molecule has 38 heavy (non-hydrogen) atoms. The van der Waals surface area contributed by atoms with Gasteiger partial charge in [-0.2, -0.15) is 5.10 Å². The fraction of sp³-hybridized carbons (Fsp3) is 0.208. The van der Waals surface area contributed by atoms with Gasteiger partial charge in [-0.25, -0.2) is 14.4 Å². The second-order valence-electron chi connectivity index (χ2n) is 8.17. The number of carbonyl (C=O) groups is 2. The van der Waals surface area contributed by atoms with E-state index in [9.17, 15) is 14.0 Å². The van der Waals surface area contributed by atoms with Crippen LogP contribution in [0.1, 0.15) is 25.1 Å². The van der Waals surface area contributed by atoms with Crippen molar-refractivity contribution in [3.05, 3.63) is 59.9 Å². The molecule has 1 aliphatic rings. The van der Waals surface area contributed by atoms with Crippen molar-refractivity contribution < 1.29 is 22.8 Å². The lowest BCUT2D eigenvalue weighted by atomic mass is 10.1. The zero-order valence-electron chi connectivity index (χ0n) is 23.2. The summed E-state index contributed by atoms with van der Waals surface area (Å²) in [7, 11) is 3.11. The summed E-state index contributed by atoms with van der Waals surface area (Å²) in [6.45, 7) is -1.75. The first-order valence-electron chi connectivity index (χ1n) is 12.7. The highest BCUT2D eigenvalue weighted by Gasteiger charge is 2.24. The van der Waals surface area contributed by atoms with Crippen LogP contribution in [0, 0.1) is 5.82 Å². The van der Waals surface area contributed by atoms with E-state index in [0.29, 0.717) is 35.9 Å². The molecule has 2 amide bonds. The number of rotatable bonds is 7. The molecule has 1 aliphatic heterocycles. The molecule has 0 saturated heterocycles. The first-order valence-corrected chi connectivity index (χ1v) is 11.2. The van der Waals surface area contributed by atoms with Crippen molar-refractivity contribution >= 4 is 34.8 Å². The van der Waals surface area contributed by atoms with Gasteiger partial charge in [0.2, 0.25) is 0 Å². The Morgan fingerprint density at radius 1 is 1.11 bits per heavy atom. The predicted octanol–water partition coefficient (Wildman–Crippen LogP) is 2.21. The number of likely N-dealkylation sites (N-methyl/N-ethyl adjacent to an activating group) is 1. The third kappa shape index (κ3) is 4.66. The molecule has 0 aliphatic carbocycles. The molecule has 194 valence electrons. The molecule has 0 atom stereocenters. The summed E-state index contributed by atoms with van der Waals surface area (Å²) in [5.41, 5.74) is 0.902. The number of amides is 2. The predicted molar refractivity (Wildman–Crippen MR) is 135 cm³/mol. The van der Waals surface area contributed by atoms with Crippen molar-refractivity contribution in [2.45, 2.75) is 6.54 Å². The molecule has 1 aromatic carbocycles. The molecule has 3 N–H and O–H groups in total. The molecule has 0 spiro atoms. The Morgan fingerprint density at radius 2 is 1.92 bits per heavy atom. The lowest BCUT2D eigenvalue weighted by Gasteiger charge is -2.22. The highest BCUT2D eigenvalue weighted by atomic mass is 19.1. The maximum atomic E-state index is 13.4. The number of para-hydroxylation sites is 1. The fourth-order valence-corrected chi connectivity index (χ4v) is 3.90. The summed E-state index contributed by atoms with van der Waals surface area (Å²) in [6.07, 6.45) is 2.03. The van der Waals surface area contributed by atoms with Crippen LogP contribution in [-0.4, -0.2) is 74.3 Å². The first-order chi connectivity index (χ1) is 19.5. The summed E-state index contributed by atoms with van der Waals surface area (Å²) in [6, 6.07) is 7.95. The van der Waals surface area contributed by atoms with E-state index in [4.69, 9.17) is 8.85 Å². The van der Waals surface area contributed by atoms with Crippen molar-refractivity contribution in [2.75, 3.05) is 38.3 Å². The van der Waals surface area contributed by atoms with E-state index >= 15 is 0 Å². The van der Waals surface area contributed by atoms with Crippen molar-refractivity contribution in [3.8, 4) is 17.1 Å². The van der Waals surface area contributed by atoms with Gasteiger partial charge in [0.15, 0.2) is 34.7 Å². The van der Waals surface area contributed by atoms with Gasteiger partial charge in [0.25, 0.3) is 11.8 Å². The van der Waals surface area contributed by atoms with E-state index < -0.39 is 18.7 Å². The van der Waals surface area contributed by atoms with Crippen molar-refractivity contribution in [2.24, 2.45) is 0 Å². The normalized spacial score (nSPS) is 14.1. The Bertz CT molecular complexity index is 1630. The zero-order chi connectivity index (χ0) is 29.3. The Balaban J connectivity index is 1.52. The van der Waals surface area contributed by atoms with Crippen molar-refractivity contribution in [1.29, 1.82) is 0 Å². The van der Waals surface area contributed by atoms with Crippen LogP contribution in [0.25, 0.3) is 11.4 Å². The monoisotopic (exact) mass is 521 g/mol. The van der Waals surface area contributed by atoms with E-state index in [1.807, 2.05) is 5.32 Å². The highest BCUT2D eigenvalue weighted by molar-refractivity contribution is 5.99. The number of hydrogen-bond donors (Lipinski definition) is 3. The second-order valence-corrected chi connectivity index (χ2v) is 8.17. The van der Waals surface area contributed by atoms with E-state index in [1.165, 1.54) is 13.2 Å². The SMILES string of the molecule is [2H]C([2H])([2H])NC(=O)c1nnc(Nc2cc3n(n2)CCN(C)C3=O)cc1Nc1cccc(-c2ncc(F)cn2)c1OC. The molecule has 14 heteroatoms. The van der Waals surface area contributed by atoms with Crippen molar-refractivity contribution in [1.82, 2.24) is 40.2 Å². The summed E-state index contributed by atoms with van der Waals surface area (Å²) in [5.74, 6) is -0.885. The average Bonchev–Trinajstić information content (AvgIpc) is 3.33. The van der Waals surface area contributed by atoms with Gasteiger partial charge in [-0.05, 0) is 12.1 Å². The van der Waals surface area contributed by atoms with Gasteiger partial charge in [-0.15, -0.1) is 10.2 Å². The molecule has 0 bridgehead atoms. The van der Waals surface area contributed by atoms with E-state index in [1.54, 1.807) is 40.9 Å². The molecule has 4 aromatic rings. The number of ether oxygens (including phenoxy) is 1. The standard InChI is InChI=1S/C24H23FN10O3/c1-26-23(36)20-16(29-15-6-4-5-14(21(15)38-3)22-27-11-13(25)12-28-22)9-18(31-32-20)30-19-10-17-24(37)34(2)7-8-35(17)33-19/h4-6,9-12H,7-8H2,1-3H3,(H,26,36)(H2,29,30,31,33)/i1D3. The number of nitrogens with one attached hydrogen (secondary N) is 3. The van der Waals surface area contributed by atoms with Crippen LogP contribution >= 0.6 is 0 Å². The van der Waals surface area contributed by atoms with Crippen LogP contribution in [0.4, 0.5) is 27.4 Å². The second kappa shape index (κ2) is 10.1. The van der Waals surface area contributed by atoms with Crippen LogP contribution in [0.3, 0.4) is 0 Å². The maximum absolute atomic E-state index is 13.4. The number of fused-ring (bicyclic) bond motifs is 1. The molecule has 0 saturated carbocycles. The molecule has 0 unspecified atom stereocenters. The Hall–Kier alpha value is -5.14. The molecule has 13 nitrogen and oxygen atoms in total. The largest absolute Gasteiger partial charge is 0.494 e. The first kappa shape index (κ1) is 21.0. The van der Waals surface area contributed by atoms with Crippen LogP contribution in [0.15, 0.2) is 42.7 Å². The summed E-state index contributed by atoms with van der Waals surface area (Å²) in [4.78, 5) is 34.9. The topological polar surface area (TPSA) is 152 Å². The molecule has 5 rings (SSSR count). The Kier molecular flexibility index (Phi) is 5.57. The smallest absolute Gasteiger partial charge is 0.273 e. The van der Waals surface area contributed by atoms with Gasteiger partial charge in [0.05, 0.1) is 43.0 Å². The quantitative estimate of drug-likeness (QED) is 0.330. The van der Waals surface area contributed by atoms with Gasteiger partial charge in [-0.1, -0.05) is 6.07 Å². The van der Waals surface area contributed by atoms with E-state index in [2.05, 4.69) is 35.9 Å². The molecule has 3 aromatic heterocycles. The molecular weight excluding hydrogens is 495 g/mol. The van der Waals surface area contributed by atoms with Gasteiger partial charge in [0, 0.05) is 36.8 Å². The third-order valence-corrected chi connectivity index (χ3v) is 5.72. The number of aromatic nitrogens is 6. The van der Waals surface area contributed by atoms with Gasteiger partial charge >= 0.3 is 0 Å². The maximum Gasteiger partial charge on any atom is 0.273 e. The highest BCUT2D eigenvalue weighted by Crippen LogP contribution is 2.37. The zero-order valence-corrected chi connectivity index (χ0v) is 20.2. The van der Waals surface area contributed by atoms with Crippen LogP contribution in [0.5, 0.6) is 5.75 Å². The summed E-state index contributed by atoms with van der Waals surface area (Å²) >= 11 is 0. The minimum atomic E-state index is -2.78. The van der Waals surface area contributed by atoms with Gasteiger partial charge in [0.1, 0.15) is 5.69 Å². The van der Waals surface area contributed by atoms with Crippen LogP contribution in [-0.2, 0) is 6.54 Å². The third-order valence-electron chi connectivity index (χ3n) is 5.72. The number of anilines is 4. The number of nitrogens with zero attached hydrogens (tertiary/aromatic N) is 7. The van der Waals surface area contributed by atoms with Crippen LogP contribution < -0.4 is 20.7 Å². The molecule has 4 heterocycles. The number of halogens is 1. The number of carbonyl (C=O) groups excluding carboxylic acids is 2. The summed E-state index contributed by atoms with van der Waals surface area (Å²) in [5, 5.41) is 20.2. The lowest BCUT2D eigenvalue weighted by Crippen LogP contribution is -2.37. The fourth-order valence-electron chi connectivity index (χ4n) is 3.90. The summed E-state index contributed by atoms with van der Waals surface area (Å²) < 4.78 is 42.8. The minimum Gasteiger partial charge on any atom is -0.494 e. The average molecular weight is 522 g/mol. The number of benzene rings is 1. The minimum absolute atomic E-state index is 0.0690. The molecular formula is C24H23FN10O3. The Morgan fingerprint density at radius 3 is 2.68 bits per heavy atom. The number of methoxy groups -OCH3 is 1. The van der Waals surface area contributed by atoms with E-state index in [-0.39, 0.29) is 34.7 Å². The van der Waals surface area contributed by atoms with E-state index in [0.717, 1.165) is 12.4 Å². The van der Waals surface area contributed by atoms with Crippen molar-refractivity contribution in [3.63, 3.8) is 0 Å². The number of hydrogen-bond acceptors (Lipinski definition) is 10. The Labute approximate surface area is 220 Å².